The van der Waals surface area contributed by atoms with Crippen molar-refractivity contribution in [2.24, 2.45) is 47.3 Å². The maximum absolute atomic E-state index is 4.32. The van der Waals surface area contributed by atoms with Gasteiger partial charge in [-0.15, -0.1) is 0 Å². The maximum Gasteiger partial charge on any atom is -0.0147 e. The first-order valence-corrected chi connectivity index (χ1v) is 7.85. The molecule has 0 amide bonds. The van der Waals surface area contributed by atoms with E-state index in [1.54, 1.807) is 0 Å². The van der Waals surface area contributed by atoms with Crippen LogP contribution in [0, 0.1) is 47.3 Å². The van der Waals surface area contributed by atoms with Crippen molar-refractivity contribution in [3.8, 4) is 0 Å². The summed E-state index contributed by atoms with van der Waals surface area (Å²) in [6.07, 6.45) is 0. The molecule has 0 N–H and O–H groups in total. The number of hydrogen-bond donors (Lipinski definition) is 0. The lowest BCUT2D eigenvalue weighted by atomic mass is 9.53. The van der Waals surface area contributed by atoms with Crippen molar-refractivity contribution >= 4 is 0 Å². The van der Waals surface area contributed by atoms with E-state index in [1.807, 2.05) is 0 Å². The van der Waals surface area contributed by atoms with E-state index in [-0.39, 0.29) is 0 Å². The Morgan fingerprint density at radius 2 is 1.28 bits per heavy atom. The zero-order valence-electron chi connectivity index (χ0n) is 13.8. The molecule has 18 heavy (non-hydrogen) atoms. The molecule has 0 aromatic heterocycles. The van der Waals surface area contributed by atoms with Crippen molar-refractivity contribution in [2.45, 2.75) is 55.4 Å². The largest absolute Gasteiger partial charge is 0.0998 e. The molecule has 0 aliphatic heterocycles. The van der Waals surface area contributed by atoms with Crippen molar-refractivity contribution in [1.82, 2.24) is 0 Å². The second kappa shape index (κ2) is 5.80. The zero-order chi connectivity index (χ0) is 14.2. The molecule has 1 rings (SSSR count). The van der Waals surface area contributed by atoms with E-state index in [0.29, 0.717) is 5.92 Å². The summed E-state index contributed by atoms with van der Waals surface area (Å²) in [7, 11) is 0. The molecule has 0 aromatic rings. The monoisotopic (exact) mass is 250 g/mol. The van der Waals surface area contributed by atoms with Crippen LogP contribution in [-0.4, -0.2) is 0 Å². The molecule has 0 saturated heterocycles. The van der Waals surface area contributed by atoms with Crippen molar-refractivity contribution in [3.05, 3.63) is 12.2 Å². The smallest absolute Gasteiger partial charge is 0.0147 e. The third-order valence-electron chi connectivity index (χ3n) is 6.30. The summed E-state index contributed by atoms with van der Waals surface area (Å²) in [5.41, 5.74) is 1.41. The van der Waals surface area contributed by atoms with Gasteiger partial charge in [-0.25, -0.2) is 0 Å². The average molecular weight is 250 g/mol. The number of rotatable bonds is 3. The van der Waals surface area contributed by atoms with Gasteiger partial charge in [-0.3, -0.25) is 0 Å². The first-order valence-electron chi connectivity index (χ1n) is 7.85. The summed E-state index contributed by atoms with van der Waals surface area (Å²) >= 11 is 0. The van der Waals surface area contributed by atoms with Crippen LogP contribution in [0.3, 0.4) is 0 Å². The molecule has 106 valence electrons. The van der Waals surface area contributed by atoms with Gasteiger partial charge in [0.25, 0.3) is 0 Å². The summed E-state index contributed by atoms with van der Waals surface area (Å²) in [6.45, 7) is 23.6. The van der Waals surface area contributed by atoms with E-state index in [4.69, 9.17) is 0 Å². The van der Waals surface area contributed by atoms with Crippen LogP contribution in [0.4, 0.5) is 0 Å². The first kappa shape index (κ1) is 15.8. The van der Waals surface area contributed by atoms with Gasteiger partial charge in [-0.1, -0.05) is 60.6 Å². The Bertz CT molecular complexity index is 288. The number of hydrogen-bond acceptors (Lipinski definition) is 0. The molecule has 0 spiro atoms. The molecule has 1 saturated carbocycles. The topological polar surface area (TPSA) is 0 Å². The van der Waals surface area contributed by atoms with E-state index in [9.17, 15) is 0 Å². The quantitative estimate of drug-likeness (QED) is 0.568. The minimum absolute atomic E-state index is 0.712. The molecular formula is C18H34. The van der Waals surface area contributed by atoms with E-state index < -0.39 is 0 Å². The molecule has 0 aromatic carbocycles. The molecule has 0 radical (unpaired) electrons. The summed E-state index contributed by atoms with van der Waals surface area (Å²) < 4.78 is 0. The highest BCUT2D eigenvalue weighted by Gasteiger charge is 2.45. The first-order chi connectivity index (χ1) is 8.20. The molecule has 0 heteroatoms. The summed E-state index contributed by atoms with van der Waals surface area (Å²) in [6, 6.07) is 0. The van der Waals surface area contributed by atoms with Gasteiger partial charge in [-0.05, 0) is 54.3 Å². The molecule has 1 fully saturated rings. The fourth-order valence-corrected chi connectivity index (χ4v) is 4.34. The third-order valence-corrected chi connectivity index (χ3v) is 6.30. The highest BCUT2D eigenvalue weighted by atomic mass is 14.5. The molecule has 0 bridgehead atoms. The Hall–Kier alpha value is -0.260. The second-order valence-corrected chi connectivity index (χ2v) is 7.49. The van der Waals surface area contributed by atoms with Crippen LogP contribution < -0.4 is 0 Å². The fraction of sp³-hybridized carbons (Fsp3) is 0.889. The third kappa shape index (κ3) is 2.68. The van der Waals surface area contributed by atoms with E-state index in [0.717, 1.165) is 41.4 Å². The van der Waals surface area contributed by atoms with Gasteiger partial charge in [0.1, 0.15) is 0 Å². The van der Waals surface area contributed by atoms with Crippen LogP contribution in [-0.2, 0) is 0 Å². The zero-order valence-corrected chi connectivity index (χ0v) is 13.8. The molecule has 1 aliphatic rings. The van der Waals surface area contributed by atoms with E-state index >= 15 is 0 Å². The molecule has 1 aliphatic carbocycles. The van der Waals surface area contributed by atoms with Crippen LogP contribution in [0.25, 0.3) is 0 Å². The van der Waals surface area contributed by atoms with Crippen molar-refractivity contribution in [2.75, 3.05) is 0 Å². The standard InChI is InChI=1S/C18H34/c1-10(2)12(5)18-16(9)14(7)13(6)15(8)17(18)11(3)4/h10,12-18H,3H2,1-2,4-9H3. The Balaban J connectivity index is 3.11. The normalized spacial score (nSPS) is 42.9. The van der Waals surface area contributed by atoms with E-state index in [1.165, 1.54) is 5.57 Å². The lowest BCUT2D eigenvalue weighted by Gasteiger charge is -2.51. The number of allylic oxidation sites excluding steroid dienone is 1. The van der Waals surface area contributed by atoms with Crippen LogP contribution >= 0.6 is 0 Å². The van der Waals surface area contributed by atoms with Gasteiger partial charge in [0, 0.05) is 0 Å². The predicted molar refractivity (Wildman–Crippen MR) is 82.5 cm³/mol. The van der Waals surface area contributed by atoms with Crippen molar-refractivity contribution in [1.29, 1.82) is 0 Å². The van der Waals surface area contributed by atoms with Crippen molar-refractivity contribution < 1.29 is 0 Å². The predicted octanol–water partition coefficient (Wildman–Crippen LogP) is 5.65. The summed E-state index contributed by atoms with van der Waals surface area (Å²) in [5, 5.41) is 0. The highest BCUT2D eigenvalue weighted by molar-refractivity contribution is 5.07. The van der Waals surface area contributed by atoms with Gasteiger partial charge < -0.3 is 0 Å². The van der Waals surface area contributed by atoms with Crippen LogP contribution in [0.5, 0.6) is 0 Å². The Kier molecular flexibility index (Phi) is 5.09. The molecular weight excluding hydrogens is 216 g/mol. The van der Waals surface area contributed by atoms with Gasteiger partial charge in [0.05, 0.1) is 0 Å². The lowest BCUT2D eigenvalue weighted by Crippen LogP contribution is -2.46. The highest BCUT2D eigenvalue weighted by Crippen LogP contribution is 2.51. The average Bonchev–Trinajstić information content (AvgIpc) is 2.29. The summed E-state index contributed by atoms with van der Waals surface area (Å²) in [4.78, 5) is 0. The lowest BCUT2D eigenvalue weighted by molar-refractivity contribution is -0.0100. The molecule has 0 heterocycles. The minimum Gasteiger partial charge on any atom is -0.0998 e. The van der Waals surface area contributed by atoms with Crippen LogP contribution in [0.15, 0.2) is 12.2 Å². The fourth-order valence-electron chi connectivity index (χ4n) is 4.34. The summed E-state index contributed by atoms with van der Waals surface area (Å²) in [5.74, 6) is 6.33. The Labute approximate surface area is 115 Å². The second-order valence-electron chi connectivity index (χ2n) is 7.49. The maximum atomic E-state index is 4.32. The molecule has 7 unspecified atom stereocenters. The van der Waals surface area contributed by atoms with Crippen molar-refractivity contribution in [3.63, 3.8) is 0 Å². The molecule has 0 nitrogen and oxygen atoms in total. The van der Waals surface area contributed by atoms with Gasteiger partial charge in [-0.2, -0.15) is 0 Å². The Morgan fingerprint density at radius 3 is 1.67 bits per heavy atom. The SMILES string of the molecule is C=C(C)C1C(C)C(C)C(C)C(C)C1C(C)C(C)C. The van der Waals surface area contributed by atoms with Gasteiger partial charge in [0.2, 0.25) is 0 Å². The van der Waals surface area contributed by atoms with Crippen LogP contribution in [0.1, 0.15) is 55.4 Å². The molecule has 7 atom stereocenters. The van der Waals surface area contributed by atoms with Crippen LogP contribution in [0.2, 0.25) is 0 Å². The Morgan fingerprint density at radius 1 is 0.833 bits per heavy atom. The van der Waals surface area contributed by atoms with Gasteiger partial charge in [0.15, 0.2) is 0 Å². The minimum atomic E-state index is 0.712. The van der Waals surface area contributed by atoms with Gasteiger partial charge >= 0.3 is 0 Å². The van der Waals surface area contributed by atoms with E-state index in [2.05, 4.69) is 62.0 Å².